The van der Waals surface area contributed by atoms with Crippen molar-refractivity contribution < 1.29 is 0 Å². The topological polar surface area (TPSA) is 38.9 Å². The van der Waals surface area contributed by atoms with Crippen molar-refractivity contribution in [1.82, 2.24) is 4.98 Å². The van der Waals surface area contributed by atoms with Crippen LogP contribution in [-0.2, 0) is 0 Å². The maximum Gasteiger partial charge on any atom is 0.0410 e. The zero-order valence-corrected chi connectivity index (χ0v) is 8.29. The first-order valence-electron chi connectivity index (χ1n) is 3.71. The van der Waals surface area contributed by atoms with Crippen LogP contribution in [0.1, 0.15) is 18.0 Å². The highest BCUT2D eigenvalue weighted by molar-refractivity contribution is 9.10. The van der Waals surface area contributed by atoms with E-state index in [0.717, 1.165) is 16.5 Å². The van der Waals surface area contributed by atoms with Crippen LogP contribution in [0.5, 0.6) is 0 Å². The lowest BCUT2D eigenvalue weighted by atomic mass is 10.1. The van der Waals surface area contributed by atoms with Crippen molar-refractivity contribution in [2.45, 2.75) is 12.5 Å². The van der Waals surface area contributed by atoms with Gasteiger partial charge in [-0.25, -0.2) is 0 Å². The molecule has 0 saturated carbocycles. The fraction of sp³-hybridized carbons (Fsp3) is 0.222. The minimum Gasteiger partial charge on any atom is -0.324 e. The van der Waals surface area contributed by atoms with Gasteiger partial charge in [-0.1, -0.05) is 6.08 Å². The molecule has 0 radical (unpaired) electrons. The number of rotatable bonds is 3. The fourth-order valence-corrected chi connectivity index (χ4v) is 1.33. The minimum atomic E-state index is 0.00694. The fourth-order valence-electron chi connectivity index (χ4n) is 0.947. The third kappa shape index (κ3) is 2.43. The molecular weight excluding hydrogens is 216 g/mol. The molecule has 1 rings (SSSR count). The molecule has 2 nitrogen and oxygen atoms in total. The van der Waals surface area contributed by atoms with E-state index in [1.807, 2.05) is 12.1 Å². The summed E-state index contributed by atoms with van der Waals surface area (Å²) in [6, 6.07) is 1.98. The van der Waals surface area contributed by atoms with E-state index in [0.29, 0.717) is 0 Å². The van der Waals surface area contributed by atoms with E-state index in [2.05, 4.69) is 27.5 Å². The van der Waals surface area contributed by atoms with Gasteiger partial charge in [0.15, 0.2) is 0 Å². The van der Waals surface area contributed by atoms with Gasteiger partial charge in [-0.3, -0.25) is 4.98 Å². The molecule has 12 heavy (non-hydrogen) atoms. The Morgan fingerprint density at radius 1 is 1.67 bits per heavy atom. The Balaban J connectivity index is 2.80. The molecule has 0 amide bonds. The summed E-state index contributed by atoms with van der Waals surface area (Å²) in [5, 5.41) is 0. The van der Waals surface area contributed by atoms with Crippen molar-refractivity contribution in [1.29, 1.82) is 0 Å². The zero-order chi connectivity index (χ0) is 8.97. The van der Waals surface area contributed by atoms with Gasteiger partial charge in [0.25, 0.3) is 0 Å². The molecule has 3 heteroatoms. The third-order valence-electron chi connectivity index (χ3n) is 1.57. The van der Waals surface area contributed by atoms with Gasteiger partial charge < -0.3 is 5.73 Å². The number of pyridine rings is 1. The van der Waals surface area contributed by atoms with Crippen LogP contribution in [0, 0.1) is 0 Å². The molecule has 1 aromatic heterocycles. The van der Waals surface area contributed by atoms with Crippen molar-refractivity contribution in [2.24, 2.45) is 5.73 Å². The molecule has 1 heterocycles. The van der Waals surface area contributed by atoms with Gasteiger partial charge in [0.05, 0.1) is 0 Å². The molecule has 0 aliphatic heterocycles. The van der Waals surface area contributed by atoms with Crippen LogP contribution >= 0.6 is 15.9 Å². The van der Waals surface area contributed by atoms with E-state index >= 15 is 0 Å². The van der Waals surface area contributed by atoms with Crippen molar-refractivity contribution in [3.63, 3.8) is 0 Å². The normalized spacial score (nSPS) is 12.5. The van der Waals surface area contributed by atoms with Crippen LogP contribution in [0.4, 0.5) is 0 Å². The van der Waals surface area contributed by atoms with Crippen LogP contribution in [-0.4, -0.2) is 4.98 Å². The first kappa shape index (κ1) is 9.42. The van der Waals surface area contributed by atoms with E-state index in [1.54, 1.807) is 12.4 Å². The Morgan fingerprint density at radius 3 is 3.00 bits per heavy atom. The Labute approximate surface area is 80.6 Å². The summed E-state index contributed by atoms with van der Waals surface area (Å²) in [4.78, 5) is 4.03. The smallest absolute Gasteiger partial charge is 0.0410 e. The molecule has 1 atom stereocenters. The molecule has 0 aromatic carbocycles. The molecule has 0 fully saturated rings. The van der Waals surface area contributed by atoms with Gasteiger partial charge in [-0.15, -0.1) is 6.58 Å². The summed E-state index contributed by atoms with van der Waals surface area (Å²) in [5.41, 5.74) is 6.87. The lowest BCUT2D eigenvalue weighted by Gasteiger charge is -2.08. The van der Waals surface area contributed by atoms with Gasteiger partial charge in [0, 0.05) is 22.9 Å². The summed E-state index contributed by atoms with van der Waals surface area (Å²) in [5.74, 6) is 0. The molecule has 1 aromatic rings. The summed E-state index contributed by atoms with van der Waals surface area (Å²) in [7, 11) is 0. The summed E-state index contributed by atoms with van der Waals surface area (Å²) >= 11 is 3.34. The molecule has 0 unspecified atom stereocenters. The van der Waals surface area contributed by atoms with Crippen LogP contribution < -0.4 is 5.73 Å². The van der Waals surface area contributed by atoms with Crippen molar-refractivity contribution in [3.05, 3.63) is 41.2 Å². The zero-order valence-electron chi connectivity index (χ0n) is 6.70. The molecule has 0 aliphatic carbocycles. The summed E-state index contributed by atoms with van der Waals surface area (Å²) < 4.78 is 0.958. The average Bonchev–Trinajstić information content (AvgIpc) is 2.05. The van der Waals surface area contributed by atoms with E-state index < -0.39 is 0 Å². The lowest BCUT2D eigenvalue weighted by Crippen LogP contribution is -2.09. The van der Waals surface area contributed by atoms with E-state index in [1.165, 1.54) is 0 Å². The highest BCUT2D eigenvalue weighted by atomic mass is 79.9. The Kier molecular flexibility index (Phi) is 3.44. The molecule has 0 spiro atoms. The number of nitrogens with zero attached hydrogens (tertiary/aromatic N) is 1. The number of nitrogens with two attached hydrogens (primary N) is 1. The molecular formula is C9H11BrN2. The standard InChI is InChI=1S/C9H11BrN2/c1-2-3-9(11)7-4-8(10)6-12-5-7/h2,4-6,9H,1,3,11H2/t9-/m1/s1. The number of hydrogen-bond donors (Lipinski definition) is 1. The SMILES string of the molecule is C=CC[C@@H](N)c1cncc(Br)c1. The Hall–Kier alpha value is -0.670. The van der Waals surface area contributed by atoms with Gasteiger partial charge >= 0.3 is 0 Å². The first-order valence-corrected chi connectivity index (χ1v) is 4.50. The molecule has 0 bridgehead atoms. The highest BCUT2D eigenvalue weighted by Gasteiger charge is 2.03. The van der Waals surface area contributed by atoms with Gasteiger partial charge in [-0.2, -0.15) is 0 Å². The van der Waals surface area contributed by atoms with Crippen LogP contribution in [0.15, 0.2) is 35.6 Å². The summed E-state index contributed by atoms with van der Waals surface area (Å²) in [6.45, 7) is 3.64. The van der Waals surface area contributed by atoms with Gasteiger partial charge in [0.2, 0.25) is 0 Å². The number of hydrogen-bond acceptors (Lipinski definition) is 2. The lowest BCUT2D eigenvalue weighted by molar-refractivity contribution is 0.736. The quantitative estimate of drug-likeness (QED) is 0.805. The molecule has 0 aliphatic rings. The van der Waals surface area contributed by atoms with Crippen LogP contribution in [0.25, 0.3) is 0 Å². The van der Waals surface area contributed by atoms with Crippen LogP contribution in [0.2, 0.25) is 0 Å². The number of halogens is 1. The third-order valence-corrected chi connectivity index (χ3v) is 2.01. The van der Waals surface area contributed by atoms with E-state index in [-0.39, 0.29) is 6.04 Å². The first-order chi connectivity index (χ1) is 5.74. The Bertz CT molecular complexity index is 273. The monoisotopic (exact) mass is 226 g/mol. The molecule has 64 valence electrons. The largest absolute Gasteiger partial charge is 0.324 e. The van der Waals surface area contributed by atoms with E-state index in [9.17, 15) is 0 Å². The van der Waals surface area contributed by atoms with Crippen molar-refractivity contribution >= 4 is 15.9 Å². The second kappa shape index (κ2) is 4.38. The predicted octanol–water partition coefficient (Wildman–Crippen LogP) is 2.42. The number of aromatic nitrogens is 1. The van der Waals surface area contributed by atoms with Crippen molar-refractivity contribution in [3.8, 4) is 0 Å². The predicted molar refractivity (Wildman–Crippen MR) is 53.7 cm³/mol. The van der Waals surface area contributed by atoms with Gasteiger partial charge in [-0.05, 0) is 34.0 Å². The Morgan fingerprint density at radius 2 is 2.42 bits per heavy atom. The minimum absolute atomic E-state index is 0.00694. The van der Waals surface area contributed by atoms with Crippen LogP contribution in [0.3, 0.4) is 0 Å². The van der Waals surface area contributed by atoms with Crippen molar-refractivity contribution in [2.75, 3.05) is 0 Å². The van der Waals surface area contributed by atoms with E-state index in [4.69, 9.17) is 5.73 Å². The highest BCUT2D eigenvalue weighted by Crippen LogP contribution is 2.17. The average molecular weight is 227 g/mol. The second-order valence-electron chi connectivity index (χ2n) is 2.57. The summed E-state index contributed by atoms with van der Waals surface area (Å²) in [6.07, 6.45) is 6.10. The maximum absolute atomic E-state index is 5.84. The maximum atomic E-state index is 5.84. The van der Waals surface area contributed by atoms with Gasteiger partial charge in [0.1, 0.15) is 0 Å². The molecule has 2 N–H and O–H groups in total. The second-order valence-corrected chi connectivity index (χ2v) is 3.48. The molecule has 0 saturated heterocycles.